The molecule has 0 rings (SSSR count). The van der Waals surface area contributed by atoms with E-state index in [2.05, 4.69) is 6.92 Å². The molecule has 0 fully saturated rings. The maximum Gasteiger partial charge on any atom is 0.317 e. The van der Waals surface area contributed by atoms with E-state index in [0.29, 0.717) is 13.1 Å². The fraction of sp³-hybridized carbons (Fsp3) is 0.833. The Kier molecular flexibility index (Phi) is 19.7. The first kappa shape index (κ1) is 32.8. The van der Waals surface area contributed by atoms with Gasteiger partial charge in [-0.2, -0.15) is 0 Å². The van der Waals surface area contributed by atoms with Crippen LogP contribution in [0.1, 0.15) is 71.1 Å². The molecule has 0 saturated carbocycles. The quantitative estimate of drug-likeness (QED) is 0.135. The Labute approximate surface area is 208 Å². The lowest BCUT2D eigenvalue weighted by molar-refractivity contribution is -0.143. The zero-order valence-corrected chi connectivity index (χ0v) is 21.2. The van der Waals surface area contributed by atoms with E-state index in [0.717, 1.165) is 19.3 Å². The highest BCUT2D eigenvalue weighted by Crippen LogP contribution is 2.11. The number of hydrogen-bond acceptors (Lipinski definition) is 7. The summed E-state index contributed by atoms with van der Waals surface area (Å²) >= 11 is 0. The molecule has 0 aliphatic carbocycles. The van der Waals surface area contributed by atoms with Crippen molar-refractivity contribution >= 4 is 23.9 Å². The molecule has 0 radical (unpaired) electrons. The zero-order chi connectivity index (χ0) is 26.5. The zero-order valence-electron chi connectivity index (χ0n) is 21.2. The van der Waals surface area contributed by atoms with E-state index in [9.17, 15) is 29.4 Å². The Morgan fingerprint density at radius 2 is 0.714 bits per heavy atom. The van der Waals surface area contributed by atoms with Crippen LogP contribution in [0.15, 0.2) is 0 Å². The van der Waals surface area contributed by atoms with Crippen molar-refractivity contribution in [2.75, 3.05) is 58.9 Å². The van der Waals surface area contributed by atoms with Crippen LogP contribution in [-0.4, -0.2) is 118 Å². The lowest BCUT2D eigenvalue weighted by Gasteiger charge is -2.27. The predicted molar refractivity (Wildman–Crippen MR) is 132 cm³/mol. The molecule has 0 heterocycles. The summed E-state index contributed by atoms with van der Waals surface area (Å²) in [4.78, 5) is 49.0. The smallest absolute Gasteiger partial charge is 0.317 e. The summed E-state index contributed by atoms with van der Waals surface area (Å²) < 4.78 is 0. The molecule has 0 amide bonds. The third kappa shape index (κ3) is 22.0. The van der Waals surface area contributed by atoms with Gasteiger partial charge in [0.1, 0.15) is 0 Å². The van der Waals surface area contributed by atoms with Gasteiger partial charge in [0, 0.05) is 26.2 Å². The molecule has 0 saturated heterocycles. The molecule has 0 unspecified atom stereocenters. The fourth-order valence-electron chi connectivity index (χ4n) is 3.91. The molecule has 11 nitrogen and oxygen atoms in total. The Bertz CT molecular complexity index is 602. The second kappa shape index (κ2) is 21.1. The van der Waals surface area contributed by atoms with Crippen molar-refractivity contribution in [3.63, 3.8) is 0 Å². The van der Waals surface area contributed by atoms with E-state index >= 15 is 0 Å². The van der Waals surface area contributed by atoms with Crippen LogP contribution < -0.4 is 0 Å². The van der Waals surface area contributed by atoms with E-state index in [1.54, 1.807) is 9.80 Å². The molecule has 0 aliphatic rings. The van der Waals surface area contributed by atoms with Crippen molar-refractivity contribution in [2.24, 2.45) is 0 Å². The Balaban J connectivity index is 4.53. The number of carbonyl (C=O) groups is 4. The summed E-state index contributed by atoms with van der Waals surface area (Å²) in [6, 6.07) is 0. The van der Waals surface area contributed by atoms with Gasteiger partial charge in [0.25, 0.3) is 0 Å². The summed E-state index contributed by atoms with van der Waals surface area (Å²) in [6.07, 6.45) is 11.8. The molecule has 0 atom stereocenters. The third-order valence-electron chi connectivity index (χ3n) is 5.73. The van der Waals surface area contributed by atoms with E-state index in [1.165, 1.54) is 49.8 Å². The minimum Gasteiger partial charge on any atom is -0.480 e. The van der Waals surface area contributed by atoms with Crippen LogP contribution >= 0.6 is 0 Å². The van der Waals surface area contributed by atoms with Crippen LogP contribution in [0, 0.1) is 0 Å². The molecule has 4 N–H and O–H groups in total. The van der Waals surface area contributed by atoms with Crippen molar-refractivity contribution in [1.29, 1.82) is 0 Å². The van der Waals surface area contributed by atoms with Gasteiger partial charge in [0.2, 0.25) is 0 Å². The first-order chi connectivity index (χ1) is 16.6. The molecule has 0 spiro atoms. The van der Waals surface area contributed by atoms with Crippen molar-refractivity contribution in [2.45, 2.75) is 71.1 Å². The first-order valence-electron chi connectivity index (χ1n) is 12.7. The average molecular weight is 504 g/mol. The summed E-state index contributed by atoms with van der Waals surface area (Å²) in [5.74, 6) is -4.34. The number of hydrogen-bond donors (Lipinski definition) is 4. The normalized spacial score (nSPS) is 11.4. The molecule has 0 aromatic rings. The number of nitrogens with zero attached hydrogens (tertiary/aromatic N) is 3. The summed E-state index contributed by atoms with van der Waals surface area (Å²) in [6.45, 7) is 2.32. The van der Waals surface area contributed by atoms with Crippen molar-refractivity contribution in [3.8, 4) is 0 Å². The van der Waals surface area contributed by atoms with Crippen LogP contribution in [-0.2, 0) is 19.2 Å². The second-order valence-electron chi connectivity index (χ2n) is 9.02. The monoisotopic (exact) mass is 503 g/mol. The van der Waals surface area contributed by atoms with Crippen LogP contribution in [0.2, 0.25) is 0 Å². The maximum atomic E-state index is 11.3. The van der Waals surface area contributed by atoms with Gasteiger partial charge in [-0.15, -0.1) is 0 Å². The minimum absolute atomic E-state index is 0.0727. The van der Waals surface area contributed by atoms with E-state index in [-0.39, 0.29) is 32.7 Å². The summed E-state index contributed by atoms with van der Waals surface area (Å²) in [5, 5.41) is 36.4. The largest absolute Gasteiger partial charge is 0.480 e. The van der Waals surface area contributed by atoms with Crippen LogP contribution in [0.25, 0.3) is 0 Å². The highest BCUT2D eigenvalue weighted by Gasteiger charge is 2.18. The molecule has 204 valence electrons. The number of aliphatic carboxylic acids is 4. The van der Waals surface area contributed by atoms with Gasteiger partial charge >= 0.3 is 23.9 Å². The number of carboxylic acid groups (broad SMARTS) is 4. The Morgan fingerprint density at radius 1 is 0.429 bits per heavy atom. The molecule has 11 heteroatoms. The van der Waals surface area contributed by atoms with Crippen LogP contribution in [0.4, 0.5) is 0 Å². The fourth-order valence-corrected chi connectivity index (χ4v) is 3.91. The Hall–Kier alpha value is -2.24. The second-order valence-corrected chi connectivity index (χ2v) is 9.02. The minimum atomic E-state index is -1.17. The van der Waals surface area contributed by atoms with Crippen molar-refractivity contribution in [1.82, 2.24) is 14.7 Å². The highest BCUT2D eigenvalue weighted by atomic mass is 16.4. The highest BCUT2D eigenvalue weighted by molar-refractivity contribution is 5.72. The molecule has 0 aromatic heterocycles. The number of rotatable bonds is 25. The number of unbranched alkanes of at least 4 members (excludes halogenated alkanes) is 9. The molecular formula is C24H45N3O8. The third-order valence-corrected chi connectivity index (χ3v) is 5.73. The van der Waals surface area contributed by atoms with Gasteiger partial charge in [-0.05, 0) is 13.0 Å². The molecule has 35 heavy (non-hydrogen) atoms. The SMILES string of the molecule is CCCCCCCCCCCCN(CCN(CCN(CC(=O)O)CC(=O)O)CC(=O)O)CC(=O)O. The summed E-state index contributed by atoms with van der Waals surface area (Å²) in [5.41, 5.74) is 0. The van der Waals surface area contributed by atoms with Crippen molar-refractivity contribution < 1.29 is 39.6 Å². The summed E-state index contributed by atoms with van der Waals surface area (Å²) in [7, 11) is 0. The van der Waals surface area contributed by atoms with Crippen LogP contribution in [0.5, 0.6) is 0 Å². The number of carboxylic acids is 4. The molecule has 0 bridgehead atoms. The van der Waals surface area contributed by atoms with Crippen molar-refractivity contribution in [3.05, 3.63) is 0 Å². The van der Waals surface area contributed by atoms with Gasteiger partial charge < -0.3 is 20.4 Å². The topological polar surface area (TPSA) is 159 Å². The lowest BCUT2D eigenvalue weighted by atomic mass is 10.1. The van der Waals surface area contributed by atoms with E-state index in [4.69, 9.17) is 10.2 Å². The van der Waals surface area contributed by atoms with Gasteiger partial charge in [-0.1, -0.05) is 64.7 Å². The lowest BCUT2D eigenvalue weighted by Crippen LogP contribution is -2.44. The maximum absolute atomic E-state index is 11.3. The van der Waals surface area contributed by atoms with E-state index < -0.39 is 37.0 Å². The molecule has 0 aliphatic heterocycles. The Morgan fingerprint density at radius 3 is 1.09 bits per heavy atom. The first-order valence-corrected chi connectivity index (χ1v) is 12.7. The van der Waals surface area contributed by atoms with Gasteiger partial charge in [-0.25, -0.2) is 0 Å². The van der Waals surface area contributed by atoms with Crippen LogP contribution in [0.3, 0.4) is 0 Å². The van der Waals surface area contributed by atoms with Gasteiger partial charge in [0.15, 0.2) is 0 Å². The van der Waals surface area contributed by atoms with Gasteiger partial charge in [0.05, 0.1) is 26.2 Å². The predicted octanol–water partition coefficient (Wildman–Crippen LogP) is 2.15. The molecular weight excluding hydrogens is 458 g/mol. The van der Waals surface area contributed by atoms with Gasteiger partial charge in [-0.3, -0.25) is 33.9 Å². The molecule has 0 aromatic carbocycles. The van der Waals surface area contributed by atoms with E-state index in [1.807, 2.05) is 0 Å². The average Bonchev–Trinajstić information content (AvgIpc) is 2.74. The standard InChI is InChI=1S/C24H45N3O8/c1-2-3-4-5-6-7-8-9-10-11-12-25(17-21(28)29)13-14-26(18-22(30)31)15-16-27(19-23(32)33)20-24(34)35/h2-20H2,1H3,(H,28,29)(H,30,31)(H,32,33)(H,34,35).